The normalized spacial score (nSPS) is 11.2. The van der Waals surface area contributed by atoms with Gasteiger partial charge < -0.3 is 4.40 Å². The van der Waals surface area contributed by atoms with Gasteiger partial charge in [-0.2, -0.15) is 0 Å². The second-order valence-corrected chi connectivity index (χ2v) is 4.46. The average Bonchev–Trinajstić information content (AvgIpc) is 2.28. The molecule has 0 aliphatic carbocycles. The Balaban J connectivity index is 2.69. The van der Waals surface area contributed by atoms with Crippen LogP contribution in [0.4, 0.5) is 0 Å². The van der Waals surface area contributed by atoms with Crippen molar-refractivity contribution in [2.45, 2.75) is 13.8 Å². The largest absolute Gasteiger partial charge is 0.314 e. The molecule has 0 aliphatic heterocycles. The molecule has 2 aromatic heterocycles. The summed E-state index contributed by atoms with van der Waals surface area (Å²) < 4.78 is 2.13. The Kier molecular flexibility index (Phi) is 2.05. The molecule has 0 fully saturated rings. The van der Waals surface area contributed by atoms with Crippen LogP contribution < -0.4 is 5.43 Å². The van der Waals surface area contributed by atoms with Crippen LogP contribution in [0.15, 0.2) is 47.3 Å². The van der Waals surface area contributed by atoms with E-state index in [9.17, 15) is 4.79 Å². The molecule has 0 bridgehead atoms. The first-order chi connectivity index (χ1) is 8.16. The van der Waals surface area contributed by atoms with Crippen LogP contribution >= 0.6 is 0 Å². The molecule has 2 heterocycles. The number of aryl methyl sites for hydroxylation is 2. The van der Waals surface area contributed by atoms with Gasteiger partial charge in [0.25, 0.3) is 0 Å². The number of para-hydroxylation sites is 1. The van der Waals surface area contributed by atoms with Crippen LogP contribution in [0, 0.1) is 13.8 Å². The summed E-state index contributed by atoms with van der Waals surface area (Å²) in [7, 11) is 0. The van der Waals surface area contributed by atoms with Crippen molar-refractivity contribution in [3.8, 4) is 0 Å². The Bertz CT molecular complexity index is 784. The summed E-state index contributed by atoms with van der Waals surface area (Å²) in [4.78, 5) is 12.0. The van der Waals surface area contributed by atoms with E-state index < -0.39 is 0 Å². The van der Waals surface area contributed by atoms with Crippen molar-refractivity contribution < 1.29 is 0 Å². The molecule has 17 heavy (non-hydrogen) atoms. The van der Waals surface area contributed by atoms with Crippen molar-refractivity contribution in [2.75, 3.05) is 0 Å². The van der Waals surface area contributed by atoms with E-state index in [1.54, 1.807) is 6.07 Å². The van der Waals surface area contributed by atoms with Gasteiger partial charge in [0, 0.05) is 22.7 Å². The smallest absolute Gasteiger partial charge is 0.190 e. The summed E-state index contributed by atoms with van der Waals surface area (Å²) in [6.07, 6.45) is 0. The molecular weight excluding hydrogens is 210 g/mol. The molecule has 2 heteroatoms. The zero-order valence-corrected chi connectivity index (χ0v) is 9.90. The van der Waals surface area contributed by atoms with Crippen molar-refractivity contribution in [2.24, 2.45) is 0 Å². The van der Waals surface area contributed by atoms with Crippen LogP contribution in [0.1, 0.15) is 11.3 Å². The third-order valence-electron chi connectivity index (χ3n) is 3.11. The lowest BCUT2D eigenvalue weighted by Crippen LogP contribution is -2.06. The maximum absolute atomic E-state index is 12.0. The Morgan fingerprint density at radius 1 is 1.00 bits per heavy atom. The van der Waals surface area contributed by atoms with Gasteiger partial charge in [-0.1, -0.05) is 12.1 Å². The number of nitrogens with zero attached hydrogens (tertiary/aromatic N) is 1. The fraction of sp³-hybridized carbons (Fsp3) is 0.133. The third-order valence-corrected chi connectivity index (χ3v) is 3.11. The molecule has 0 saturated heterocycles. The van der Waals surface area contributed by atoms with Crippen LogP contribution in [0.5, 0.6) is 0 Å². The number of pyridine rings is 2. The molecule has 0 N–H and O–H groups in total. The predicted molar refractivity (Wildman–Crippen MR) is 70.6 cm³/mol. The van der Waals surface area contributed by atoms with Gasteiger partial charge >= 0.3 is 0 Å². The zero-order valence-electron chi connectivity index (χ0n) is 9.90. The Hall–Kier alpha value is -2.09. The Morgan fingerprint density at radius 2 is 1.76 bits per heavy atom. The minimum Gasteiger partial charge on any atom is -0.314 e. The molecule has 0 saturated carbocycles. The Labute approximate surface area is 99.1 Å². The number of hydrogen-bond donors (Lipinski definition) is 0. The molecule has 1 aromatic carbocycles. The highest BCUT2D eigenvalue weighted by atomic mass is 16.1. The first-order valence-corrected chi connectivity index (χ1v) is 5.68. The van der Waals surface area contributed by atoms with Gasteiger partial charge in [-0.15, -0.1) is 0 Å². The van der Waals surface area contributed by atoms with Crippen LogP contribution in [0.2, 0.25) is 0 Å². The topological polar surface area (TPSA) is 21.5 Å². The van der Waals surface area contributed by atoms with Gasteiger partial charge in [-0.25, -0.2) is 0 Å². The van der Waals surface area contributed by atoms with Gasteiger partial charge in [-0.05, 0) is 43.7 Å². The van der Waals surface area contributed by atoms with Gasteiger partial charge in [0.2, 0.25) is 0 Å². The summed E-state index contributed by atoms with van der Waals surface area (Å²) in [6.45, 7) is 4.11. The molecule has 0 unspecified atom stereocenters. The van der Waals surface area contributed by atoms with Crippen LogP contribution in [-0.4, -0.2) is 4.40 Å². The highest BCUT2D eigenvalue weighted by molar-refractivity contribution is 5.82. The number of aromatic nitrogens is 1. The number of fused-ring (bicyclic) bond motifs is 3. The SMILES string of the molecule is Cc1cc(C)n2c(c1)cc(=O)c1ccccc12. The van der Waals surface area contributed by atoms with Gasteiger partial charge in [0.1, 0.15) is 0 Å². The number of hydrogen-bond acceptors (Lipinski definition) is 1. The maximum atomic E-state index is 12.0. The molecule has 2 nitrogen and oxygen atoms in total. The monoisotopic (exact) mass is 223 g/mol. The molecule has 0 amide bonds. The van der Waals surface area contributed by atoms with Crippen LogP contribution in [0.3, 0.4) is 0 Å². The fourth-order valence-corrected chi connectivity index (χ4v) is 2.46. The highest BCUT2D eigenvalue weighted by Crippen LogP contribution is 2.17. The number of rotatable bonds is 0. The lowest BCUT2D eigenvalue weighted by molar-refractivity contribution is 1.11. The lowest BCUT2D eigenvalue weighted by atomic mass is 10.1. The van der Waals surface area contributed by atoms with Gasteiger partial charge in [-0.3, -0.25) is 4.79 Å². The molecule has 84 valence electrons. The van der Waals surface area contributed by atoms with E-state index in [4.69, 9.17) is 0 Å². The molecule has 0 radical (unpaired) electrons. The predicted octanol–water partition coefficient (Wildman–Crippen LogP) is 3.07. The maximum Gasteiger partial charge on any atom is 0.190 e. The van der Waals surface area contributed by atoms with Crippen molar-refractivity contribution >= 4 is 16.4 Å². The summed E-state index contributed by atoms with van der Waals surface area (Å²) in [5.41, 5.74) is 4.36. The van der Waals surface area contributed by atoms with E-state index in [1.807, 2.05) is 37.3 Å². The van der Waals surface area contributed by atoms with E-state index in [0.717, 1.165) is 22.1 Å². The van der Waals surface area contributed by atoms with E-state index in [2.05, 4.69) is 17.4 Å². The molecule has 3 rings (SSSR count). The lowest BCUT2D eigenvalue weighted by Gasteiger charge is -2.10. The van der Waals surface area contributed by atoms with Crippen molar-refractivity contribution in [1.82, 2.24) is 4.40 Å². The van der Waals surface area contributed by atoms with E-state index in [1.165, 1.54) is 5.56 Å². The van der Waals surface area contributed by atoms with E-state index in [0.29, 0.717) is 0 Å². The standard InChI is InChI=1S/C15H13NO/c1-10-7-11(2)16-12(8-10)9-15(17)13-5-3-4-6-14(13)16/h3-9H,1-2H3. The zero-order chi connectivity index (χ0) is 12.0. The Morgan fingerprint density at radius 3 is 2.59 bits per heavy atom. The minimum atomic E-state index is 0.0885. The molecule has 3 aromatic rings. The quantitative estimate of drug-likeness (QED) is 0.537. The molecule has 0 aliphatic rings. The molecule has 0 spiro atoms. The minimum absolute atomic E-state index is 0.0885. The summed E-state index contributed by atoms with van der Waals surface area (Å²) >= 11 is 0. The summed E-state index contributed by atoms with van der Waals surface area (Å²) in [6, 6.07) is 13.6. The first kappa shape index (κ1) is 10.1. The first-order valence-electron chi connectivity index (χ1n) is 5.68. The van der Waals surface area contributed by atoms with Gasteiger partial charge in [0.05, 0.1) is 5.52 Å². The number of benzene rings is 1. The average molecular weight is 223 g/mol. The van der Waals surface area contributed by atoms with Crippen molar-refractivity contribution in [3.63, 3.8) is 0 Å². The van der Waals surface area contributed by atoms with Crippen molar-refractivity contribution in [3.05, 3.63) is 63.9 Å². The molecular formula is C15H13NO. The second-order valence-electron chi connectivity index (χ2n) is 4.46. The van der Waals surface area contributed by atoms with E-state index >= 15 is 0 Å². The highest BCUT2D eigenvalue weighted by Gasteiger charge is 2.05. The molecule has 0 atom stereocenters. The summed E-state index contributed by atoms with van der Waals surface area (Å²) in [5, 5.41) is 0.775. The van der Waals surface area contributed by atoms with Crippen LogP contribution in [-0.2, 0) is 0 Å². The van der Waals surface area contributed by atoms with Crippen LogP contribution in [0.25, 0.3) is 16.4 Å². The van der Waals surface area contributed by atoms with Gasteiger partial charge in [0.15, 0.2) is 5.43 Å². The third kappa shape index (κ3) is 1.45. The fourth-order valence-electron chi connectivity index (χ4n) is 2.46. The van der Waals surface area contributed by atoms with Crippen molar-refractivity contribution in [1.29, 1.82) is 0 Å². The second kappa shape index (κ2) is 3.45. The summed E-state index contributed by atoms with van der Waals surface area (Å²) in [5.74, 6) is 0. The van der Waals surface area contributed by atoms with E-state index in [-0.39, 0.29) is 5.43 Å².